The number of methoxy groups -OCH3 is 2. The number of carbonyl (C=O) groups excluding carboxylic acids is 2. The van der Waals surface area contributed by atoms with E-state index in [-0.39, 0.29) is 11.3 Å². The summed E-state index contributed by atoms with van der Waals surface area (Å²) in [6.45, 7) is 10.5. The highest BCUT2D eigenvalue weighted by molar-refractivity contribution is 6.00. The number of allylic oxidation sites excluding steroid dienone is 3. The van der Waals surface area contributed by atoms with E-state index in [0.717, 1.165) is 12.0 Å². The molecule has 4 nitrogen and oxygen atoms in total. The Kier molecular flexibility index (Phi) is 4.24. The smallest absolute Gasteiger partial charge is 0.323 e. The molecule has 0 spiro atoms. The third-order valence-corrected chi connectivity index (χ3v) is 5.81. The molecule has 0 aromatic heterocycles. The minimum absolute atomic E-state index is 0.0153. The fourth-order valence-electron chi connectivity index (χ4n) is 4.51. The normalized spacial score (nSPS) is 32.7. The van der Waals surface area contributed by atoms with Crippen LogP contribution in [0, 0.1) is 22.7 Å². The van der Waals surface area contributed by atoms with Gasteiger partial charge in [-0.1, -0.05) is 30.7 Å². The summed E-state index contributed by atoms with van der Waals surface area (Å²) in [5.74, 6) is -0.493. The van der Waals surface area contributed by atoms with Crippen molar-refractivity contribution in [2.24, 2.45) is 22.7 Å². The van der Waals surface area contributed by atoms with Crippen molar-refractivity contribution in [2.45, 2.75) is 40.0 Å². The summed E-state index contributed by atoms with van der Waals surface area (Å²) in [6, 6.07) is 0. The van der Waals surface area contributed by atoms with Crippen LogP contribution in [0.3, 0.4) is 0 Å². The first-order chi connectivity index (χ1) is 10.2. The van der Waals surface area contributed by atoms with E-state index in [2.05, 4.69) is 26.5 Å². The van der Waals surface area contributed by atoms with Gasteiger partial charge in [0.05, 0.1) is 14.2 Å². The summed E-state index contributed by atoms with van der Waals surface area (Å²) in [5, 5.41) is 0. The molecule has 2 aliphatic carbocycles. The standard InChI is InChI=1S/C18H26O4/c1-11(2)13-9-12(3)14-10-18(15(19)21-5,16(20)22-6)8-7-17(13,14)4/h9,13-14H,1,7-8,10H2,2-6H3/t13-,14-,17-/m0/s1. The minimum Gasteiger partial charge on any atom is -0.468 e. The van der Waals surface area contributed by atoms with Crippen molar-refractivity contribution >= 4 is 11.9 Å². The van der Waals surface area contributed by atoms with E-state index in [9.17, 15) is 9.59 Å². The molecule has 122 valence electrons. The first-order valence-corrected chi connectivity index (χ1v) is 7.73. The van der Waals surface area contributed by atoms with Gasteiger partial charge in [0, 0.05) is 5.92 Å². The number of fused-ring (bicyclic) bond motifs is 1. The highest BCUT2D eigenvalue weighted by Gasteiger charge is 2.60. The van der Waals surface area contributed by atoms with Crippen molar-refractivity contribution in [3.8, 4) is 0 Å². The van der Waals surface area contributed by atoms with Crippen LogP contribution in [0.25, 0.3) is 0 Å². The average Bonchev–Trinajstić information content (AvgIpc) is 2.76. The van der Waals surface area contributed by atoms with Crippen LogP contribution in [0.15, 0.2) is 23.8 Å². The highest BCUT2D eigenvalue weighted by Crippen LogP contribution is 2.61. The number of hydrogen-bond acceptors (Lipinski definition) is 4. The summed E-state index contributed by atoms with van der Waals surface area (Å²) in [5.41, 5.74) is 1.20. The lowest BCUT2D eigenvalue weighted by atomic mass is 9.55. The zero-order valence-corrected chi connectivity index (χ0v) is 14.2. The van der Waals surface area contributed by atoms with Crippen LogP contribution in [-0.2, 0) is 19.1 Å². The van der Waals surface area contributed by atoms with E-state index in [1.807, 2.05) is 6.92 Å². The Labute approximate surface area is 132 Å². The lowest BCUT2D eigenvalue weighted by molar-refractivity contribution is -0.175. The van der Waals surface area contributed by atoms with Gasteiger partial charge in [0.25, 0.3) is 0 Å². The molecular weight excluding hydrogens is 280 g/mol. The third kappa shape index (κ3) is 2.20. The van der Waals surface area contributed by atoms with Crippen LogP contribution in [-0.4, -0.2) is 26.2 Å². The van der Waals surface area contributed by atoms with E-state index in [4.69, 9.17) is 9.47 Å². The van der Waals surface area contributed by atoms with Crippen LogP contribution in [0.4, 0.5) is 0 Å². The molecule has 0 radical (unpaired) electrons. The molecule has 2 aliphatic rings. The van der Waals surface area contributed by atoms with Gasteiger partial charge in [0.2, 0.25) is 0 Å². The first kappa shape index (κ1) is 16.8. The number of hydrogen-bond donors (Lipinski definition) is 0. The zero-order valence-electron chi connectivity index (χ0n) is 14.2. The molecule has 2 rings (SSSR count). The molecule has 0 N–H and O–H groups in total. The molecule has 0 saturated heterocycles. The Balaban J connectivity index is 2.42. The second-order valence-electron chi connectivity index (χ2n) is 7.06. The second-order valence-corrected chi connectivity index (χ2v) is 7.06. The zero-order chi connectivity index (χ0) is 16.7. The van der Waals surface area contributed by atoms with Crippen molar-refractivity contribution in [3.63, 3.8) is 0 Å². The van der Waals surface area contributed by atoms with Gasteiger partial charge in [-0.05, 0) is 44.4 Å². The van der Waals surface area contributed by atoms with E-state index >= 15 is 0 Å². The fourth-order valence-corrected chi connectivity index (χ4v) is 4.51. The van der Waals surface area contributed by atoms with Gasteiger partial charge in [0.1, 0.15) is 0 Å². The lowest BCUT2D eigenvalue weighted by Crippen LogP contribution is -2.50. The van der Waals surface area contributed by atoms with Gasteiger partial charge in [-0.3, -0.25) is 9.59 Å². The molecule has 3 atom stereocenters. The van der Waals surface area contributed by atoms with Crippen LogP contribution >= 0.6 is 0 Å². The van der Waals surface area contributed by atoms with Crippen LogP contribution < -0.4 is 0 Å². The monoisotopic (exact) mass is 306 g/mol. The number of esters is 2. The Morgan fingerprint density at radius 2 is 1.77 bits per heavy atom. The number of ether oxygens (including phenoxy) is 2. The molecule has 22 heavy (non-hydrogen) atoms. The quantitative estimate of drug-likeness (QED) is 0.456. The van der Waals surface area contributed by atoms with Gasteiger partial charge >= 0.3 is 11.9 Å². The maximum Gasteiger partial charge on any atom is 0.323 e. The molecule has 0 aliphatic heterocycles. The van der Waals surface area contributed by atoms with Crippen LogP contribution in [0.1, 0.15) is 40.0 Å². The number of carbonyl (C=O) groups is 2. The van der Waals surface area contributed by atoms with Crippen molar-refractivity contribution in [2.75, 3.05) is 14.2 Å². The fraction of sp³-hybridized carbons (Fsp3) is 0.667. The second kappa shape index (κ2) is 5.56. The summed E-state index contributed by atoms with van der Waals surface area (Å²) in [7, 11) is 2.66. The third-order valence-electron chi connectivity index (χ3n) is 5.81. The molecule has 0 amide bonds. The van der Waals surface area contributed by atoms with Crippen molar-refractivity contribution < 1.29 is 19.1 Å². The molecule has 1 saturated carbocycles. The molecule has 0 aromatic rings. The predicted octanol–water partition coefficient (Wildman–Crippen LogP) is 3.28. The van der Waals surface area contributed by atoms with Gasteiger partial charge in [0.15, 0.2) is 5.41 Å². The summed E-state index contributed by atoms with van der Waals surface area (Å²) in [6.07, 6.45) is 3.93. The van der Waals surface area contributed by atoms with Gasteiger partial charge in [-0.15, -0.1) is 0 Å². The van der Waals surface area contributed by atoms with E-state index in [1.165, 1.54) is 19.8 Å². The Hall–Kier alpha value is -1.58. The molecule has 0 unspecified atom stereocenters. The summed E-state index contributed by atoms with van der Waals surface area (Å²) >= 11 is 0. The largest absolute Gasteiger partial charge is 0.468 e. The maximum atomic E-state index is 12.3. The number of rotatable bonds is 3. The topological polar surface area (TPSA) is 52.6 Å². The van der Waals surface area contributed by atoms with E-state index in [1.54, 1.807) is 0 Å². The Morgan fingerprint density at radius 1 is 1.23 bits per heavy atom. The molecule has 4 heteroatoms. The molecule has 0 bridgehead atoms. The lowest BCUT2D eigenvalue weighted by Gasteiger charge is -2.47. The summed E-state index contributed by atoms with van der Waals surface area (Å²) in [4.78, 5) is 24.7. The SMILES string of the molecule is C=C(C)[C@@H]1C=C(C)[C@@H]2CC(C(=O)OC)(C(=O)OC)CC[C@@]12C. The average molecular weight is 306 g/mol. The minimum atomic E-state index is -1.17. The molecule has 1 fully saturated rings. The summed E-state index contributed by atoms with van der Waals surface area (Å²) < 4.78 is 9.86. The van der Waals surface area contributed by atoms with Crippen molar-refractivity contribution in [1.29, 1.82) is 0 Å². The maximum absolute atomic E-state index is 12.3. The molecular formula is C18H26O4. The van der Waals surface area contributed by atoms with Crippen LogP contribution in [0.2, 0.25) is 0 Å². The first-order valence-electron chi connectivity index (χ1n) is 7.73. The van der Waals surface area contributed by atoms with Gasteiger partial charge in [-0.25, -0.2) is 0 Å². The molecule has 0 heterocycles. The Morgan fingerprint density at radius 3 is 2.23 bits per heavy atom. The predicted molar refractivity (Wildman–Crippen MR) is 84.0 cm³/mol. The molecule has 0 aromatic carbocycles. The van der Waals surface area contributed by atoms with Gasteiger partial charge in [-0.2, -0.15) is 0 Å². The van der Waals surface area contributed by atoms with Crippen molar-refractivity contribution in [3.05, 3.63) is 23.8 Å². The Bertz CT molecular complexity index is 529. The van der Waals surface area contributed by atoms with Gasteiger partial charge < -0.3 is 9.47 Å². The highest BCUT2D eigenvalue weighted by atomic mass is 16.5. The van der Waals surface area contributed by atoms with Crippen LogP contribution in [0.5, 0.6) is 0 Å². The van der Waals surface area contributed by atoms with E-state index < -0.39 is 17.4 Å². The van der Waals surface area contributed by atoms with E-state index in [0.29, 0.717) is 18.8 Å². The van der Waals surface area contributed by atoms with Crippen molar-refractivity contribution in [1.82, 2.24) is 0 Å².